The van der Waals surface area contributed by atoms with E-state index in [1.807, 2.05) is 0 Å². The van der Waals surface area contributed by atoms with Gasteiger partial charge in [0.1, 0.15) is 12.4 Å². The van der Waals surface area contributed by atoms with Crippen molar-refractivity contribution in [2.75, 3.05) is 11.3 Å². The molecule has 5 N–H and O–H groups in total. The smallest absolute Gasteiger partial charge is 0.299 e. The van der Waals surface area contributed by atoms with Crippen molar-refractivity contribution in [1.82, 2.24) is 4.72 Å². The standard InChI is InChI=1S/C12H20N4O4S/c1-12(2,3)16-21(18,19)15-9-6-4-5-7-10(9)20-8-11(13)14-17/h4-7,15-17H,8H2,1-3H3,(H2,13,14). The summed E-state index contributed by atoms with van der Waals surface area (Å²) in [5, 5.41) is 11.2. The summed E-state index contributed by atoms with van der Waals surface area (Å²) in [7, 11) is -3.75. The Balaban J connectivity index is 2.89. The minimum Gasteiger partial charge on any atom is -0.483 e. The Kier molecular flexibility index (Phi) is 5.39. The van der Waals surface area contributed by atoms with Gasteiger partial charge >= 0.3 is 0 Å². The number of ether oxygens (including phenoxy) is 1. The van der Waals surface area contributed by atoms with Gasteiger partial charge in [-0.1, -0.05) is 17.3 Å². The maximum atomic E-state index is 12.0. The molecule has 0 atom stereocenters. The average molecular weight is 316 g/mol. The molecule has 0 heterocycles. The molecule has 1 rings (SSSR count). The lowest BCUT2D eigenvalue weighted by Gasteiger charge is -2.21. The summed E-state index contributed by atoms with van der Waals surface area (Å²) in [5.41, 5.74) is 4.94. The number of hydrogen-bond acceptors (Lipinski definition) is 5. The van der Waals surface area contributed by atoms with Gasteiger partial charge in [0.25, 0.3) is 10.2 Å². The van der Waals surface area contributed by atoms with E-state index in [1.165, 1.54) is 0 Å². The number of amidine groups is 1. The Bertz CT molecular complexity index is 608. The zero-order chi connectivity index (χ0) is 16.1. The van der Waals surface area contributed by atoms with Gasteiger partial charge in [-0.2, -0.15) is 13.1 Å². The normalized spacial score (nSPS) is 13.0. The highest BCUT2D eigenvalue weighted by Gasteiger charge is 2.20. The molecule has 0 aliphatic heterocycles. The van der Waals surface area contributed by atoms with Crippen LogP contribution in [0.4, 0.5) is 5.69 Å². The van der Waals surface area contributed by atoms with Crippen LogP contribution in [0.5, 0.6) is 5.75 Å². The first-order valence-electron chi connectivity index (χ1n) is 6.13. The molecule has 0 aliphatic carbocycles. The monoisotopic (exact) mass is 316 g/mol. The Labute approximate surface area is 124 Å². The third-order valence-corrected chi connectivity index (χ3v) is 3.45. The molecule has 0 aliphatic rings. The van der Waals surface area contributed by atoms with Crippen molar-refractivity contribution >= 4 is 21.7 Å². The van der Waals surface area contributed by atoms with Crippen molar-refractivity contribution in [2.45, 2.75) is 26.3 Å². The Morgan fingerprint density at radius 2 is 2.00 bits per heavy atom. The summed E-state index contributed by atoms with van der Waals surface area (Å²) in [6.45, 7) is 5.02. The maximum absolute atomic E-state index is 12.0. The number of nitrogens with two attached hydrogens (primary N) is 1. The third-order valence-electron chi connectivity index (χ3n) is 2.08. The van der Waals surface area contributed by atoms with Crippen LogP contribution in [-0.2, 0) is 10.2 Å². The molecule has 0 bridgehead atoms. The quantitative estimate of drug-likeness (QED) is 0.268. The van der Waals surface area contributed by atoms with Crippen molar-refractivity contribution in [3.8, 4) is 5.75 Å². The number of anilines is 1. The fraction of sp³-hybridized carbons (Fsp3) is 0.417. The van der Waals surface area contributed by atoms with E-state index in [4.69, 9.17) is 15.7 Å². The van der Waals surface area contributed by atoms with Gasteiger partial charge in [0.2, 0.25) is 0 Å². The fourth-order valence-corrected chi connectivity index (χ4v) is 2.75. The summed E-state index contributed by atoms with van der Waals surface area (Å²) in [6, 6.07) is 6.45. The van der Waals surface area contributed by atoms with E-state index in [-0.39, 0.29) is 23.9 Å². The maximum Gasteiger partial charge on any atom is 0.299 e. The first-order valence-corrected chi connectivity index (χ1v) is 7.61. The van der Waals surface area contributed by atoms with Gasteiger partial charge in [-0.05, 0) is 32.9 Å². The van der Waals surface area contributed by atoms with Gasteiger partial charge in [-0.15, -0.1) is 0 Å². The summed E-state index contributed by atoms with van der Waals surface area (Å²) in [6.07, 6.45) is 0. The zero-order valence-electron chi connectivity index (χ0n) is 12.1. The number of nitrogens with zero attached hydrogens (tertiary/aromatic N) is 1. The van der Waals surface area contributed by atoms with Crippen LogP contribution in [0.15, 0.2) is 29.4 Å². The van der Waals surface area contributed by atoms with Crippen LogP contribution in [0, 0.1) is 0 Å². The highest BCUT2D eigenvalue weighted by Crippen LogP contribution is 2.24. The van der Waals surface area contributed by atoms with E-state index < -0.39 is 15.7 Å². The minimum absolute atomic E-state index is 0.125. The summed E-state index contributed by atoms with van der Waals surface area (Å²) in [4.78, 5) is 0. The second kappa shape index (κ2) is 6.64. The molecule has 0 spiro atoms. The molecule has 0 saturated carbocycles. The van der Waals surface area contributed by atoms with Gasteiger partial charge in [-0.25, -0.2) is 0 Å². The minimum atomic E-state index is -3.75. The van der Waals surface area contributed by atoms with Crippen LogP contribution in [-0.4, -0.2) is 31.6 Å². The lowest BCUT2D eigenvalue weighted by molar-refractivity contribution is 0.306. The van der Waals surface area contributed by atoms with Gasteiger partial charge in [0.05, 0.1) is 5.69 Å². The predicted octanol–water partition coefficient (Wildman–Crippen LogP) is 0.857. The largest absolute Gasteiger partial charge is 0.483 e. The van der Waals surface area contributed by atoms with E-state index in [0.29, 0.717) is 0 Å². The number of para-hydroxylation sites is 2. The van der Waals surface area contributed by atoms with Crippen molar-refractivity contribution in [1.29, 1.82) is 0 Å². The third kappa shape index (κ3) is 6.32. The molecule has 9 heteroatoms. The lowest BCUT2D eigenvalue weighted by atomic mass is 10.1. The number of nitrogens with one attached hydrogen (secondary N) is 2. The first-order chi connectivity index (χ1) is 9.63. The molecule has 0 unspecified atom stereocenters. The van der Waals surface area contributed by atoms with Crippen molar-refractivity contribution in [3.63, 3.8) is 0 Å². The van der Waals surface area contributed by atoms with E-state index in [0.717, 1.165) is 0 Å². The molecule has 118 valence electrons. The van der Waals surface area contributed by atoms with Crippen LogP contribution in [0.3, 0.4) is 0 Å². The van der Waals surface area contributed by atoms with Crippen molar-refractivity contribution < 1.29 is 18.4 Å². The first kappa shape index (κ1) is 17.1. The second-order valence-corrected chi connectivity index (χ2v) is 6.75. The highest BCUT2D eigenvalue weighted by molar-refractivity contribution is 7.90. The molecule has 8 nitrogen and oxygen atoms in total. The van der Waals surface area contributed by atoms with Crippen LogP contribution >= 0.6 is 0 Å². The van der Waals surface area contributed by atoms with Gasteiger partial charge in [0, 0.05) is 5.54 Å². The molecule has 1 aromatic carbocycles. The molecule has 21 heavy (non-hydrogen) atoms. The summed E-state index contributed by atoms with van der Waals surface area (Å²) < 4.78 is 34.1. The molecule has 0 saturated heterocycles. The van der Waals surface area contributed by atoms with Gasteiger partial charge < -0.3 is 15.7 Å². The average Bonchev–Trinajstić information content (AvgIpc) is 2.33. The summed E-state index contributed by atoms with van der Waals surface area (Å²) in [5.74, 6) is 0.142. The van der Waals surface area contributed by atoms with E-state index in [1.54, 1.807) is 45.0 Å². The van der Waals surface area contributed by atoms with E-state index in [2.05, 4.69) is 14.6 Å². The highest BCUT2D eigenvalue weighted by atomic mass is 32.2. The van der Waals surface area contributed by atoms with Crippen molar-refractivity contribution in [3.05, 3.63) is 24.3 Å². The van der Waals surface area contributed by atoms with Crippen LogP contribution in [0.2, 0.25) is 0 Å². The number of benzene rings is 1. The second-order valence-electron chi connectivity index (χ2n) is 5.33. The topological polar surface area (TPSA) is 126 Å². The van der Waals surface area contributed by atoms with Crippen LogP contribution in [0.25, 0.3) is 0 Å². The Morgan fingerprint density at radius 1 is 1.38 bits per heavy atom. The van der Waals surface area contributed by atoms with Gasteiger partial charge in [-0.3, -0.25) is 4.72 Å². The molecule has 0 fully saturated rings. The SMILES string of the molecule is CC(C)(C)NS(=O)(=O)Nc1ccccc1OC/C(N)=N/O. The number of oxime groups is 1. The van der Waals surface area contributed by atoms with Crippen molar-refractivity contribution in [2.24, 2.45) is 10.9 Å². The fourth-order valence-electron chi connectivity index (χ4n) is 1.43. The molecule has 0 radical (unpaired) electrons. The predicted molar refractivity (Wildman–Crippen MR) is 80.8 cm³/mol. The molecular formula is C12H20N4O4S. The Hall–Kier alpha value is -2.00. The molecule has 1 aromatic rings. The molecule has 0 amide bonds. The van der Waals surface area contributed by atoms with Crippen LogP contribution < -0.4 is 19.9 Å². The molecule has 0 aromatic heterocycles. The Morgan fingerprint density at radius 3 is 2.57 bits per heavy atom. The number of hydrogen-bond donors (Lipinski definition) is 4. The summed E-state index contributed by atoms with van der Waals surface area (Å²) >= 11 is 0. The molecular weight excluding hydrogens is 296 g/mol. The lowest BCUT2D eigenvalue weighted by Crippen LogP contribution is -2.43. The van der Waals surface area contributed by atoms with Crippen LogP contribution in [0.1, 0.15) is 20.8 Å². The van der Waals surface area contributed by atoms with E-state index in [9.17, 15) is 8.42 Å². The van der Waals surface area contributed by atoms with Gasteiger partial charge in [0.15, 0.2) is 5.84 Å². The zero-order valence-corrected chi connectivity index (χ0v) is 12.9. The van der Waals surface area contributed by atoms with E-state index >= 15 is 0 Å². The number of rotatable bonds is 6.